The highest BCUT2D eigenvalue weighted by Crippen LogP contribution is 2.31. The molecule has 0 radical (unpaired) electrons. The van der Waals surface area contributed by atoms with Crippen LogP contribution in [0.4, 0.5) is 5.82 Å². The molecule has 0 saturated carbocycles. The number of rotatable bonds is 2. The predicted molar refractivity (Wildman–Crippen MR) is 60.5 cm³/mol. The van der Waals surface area contributed by atoms with Gasteiger partial charge in [-0.25, -0.2) is 4.98 Å². The van der Waals surface area contributed by atoms with Crippen molar-refractivity contribution in [3.8, 4) is 0 Å². The van der Waals surface area contributed by atoms with E-state index in [9.17, 15) is 0 Å². The van der Waals surface area contributed by atoms with Gasteiger partial charge in [0.15, 0.2) is 0 Å². The summed E-state index contributed by atoms with van der Waals surface area (Å²) in [5.41, 5.74) is 6.93. The van der Waals surface area contributed by atoms with E-state index in [0.717, 1.165) is 24.8 Å². The van der Waals surface area contributed by atoms with Crippen molar-refractivity contribution in [1.82, 2.24) is 4.98 Å². The molecule has 1 unspecified atom stereocenters. The van der Waals surface area contributed by atoms with Crippen molar-refractivity contribution >= 4 is 5.82 Å². The first-order valence-corrected chi connectivity index (χ1v) is 5.44. The fraction of sp³-hybridized carbons (Fsp3) is 0.583. The van der Waals surface area contributed by atoms with E-state index < -0.39 is 0 Å². The summed E-state index contributed by atoms with van der Waals surface area (Å²) in [6.07, 6.45) is 5.13. The van der Waals surface area contributed by atoms with E-state index in [1.807, 2.05) is 12.1 Å². The Morgan fingerprint density at radius 3 is 3.00 bits per heavy atom. The van der Waals surface area contributed by atoms with Crippen LogP contribution in [0.3, 0.4) is 0 Å². The molecule has 1 aromatic rings. The van der Waals surface area contributed by atoms with Crippen LogP contribution in [0.25, 0.3) is 0 Å². The van der Waals surface area contributed by atoms with Gasteiger partial charge in [0.1, 0.15) is 5.82 Å². The van der Waals surface area contributed by atoms with Gasteiger partial charge in [-0.3, -0.25) is 0 Å². The molecular formula is C12H18N2O. The van der Waals surface area contributed by atoms with Crippen LogP contribution in [-0.2, 0) is 11.2 Å². The number of nitrogen functional groups attached to an aromatic ring is 1. The molecule has 0 amide bonds. The highest BCUT2D eigenvalue weighted by molar-refractivity contribution is 5.38. The highest BCUT2D eigenvalue weighted by atomic mass is 16.5. The highest BCUT2D eigenvalue weighted by Gasteiger charge is 2.31. The van der Waals surface area contributed by atoms with Crippen molar-refractivity contribution in [3.63, 3.8) is 0 Å². The van der Waals surface area contributed by atoms with E-state index in [0.29, 0.717) is 11.9 Å². The average Bonchev–Trinajstić information content (AvgIpc) is 2.50. The molecule has 3 nitrogen and oxygen atoms in total. The van der Waals surface area contributed by atoms with E-state index in [2.05, 4.69) is 18.8 Å². The van der Waals surface area contributed by atoms with Crippen LogP contribution in [0.2, 0.25) is 0 Å². The van der Waals surface area contributed by atoms with Gasteiger partial charge in [-0.1, -0.05) is 6.07 Å². The van der Waals surface area contributed by atoms with Crippen LogP contribution in [0.15, 0.2) is 18.3 Å². The zero-order valence-corrected chi connectivity index (χ0v) is 9.36. The average molecular weight is 206 g/mol. The first-order valence-electron chi connectivity index (χ1n) is 5.44. The number of pyridine rings is 1. The number of nitrogens with zero attached hydrogens (tertiary/aromatic N) is 1. The first kappa shape index (κ1) is 10.4. The number of nitrogens with two attached hydrogens (primary N) is 1. The smallest absolute Gasteiger partial charge is 0.126 e. The Morgan fingerprint density at radius 1 is 1.60 bits per heavy atom. The van der Waals surface area contributed by atoms with Crippen molar-refractivity contribution in [1.29, 1.82) is 0 Å². The second kappa shape index (κ2) is 3.81. The third-order valence-electron chi connectivity index (χ3n) is 2.93. The van der Waals surface area contributed by atoms with Crippen LogP contribution in [0.1, 0.15) is 32.3 Å². The zero-order valence-electron chi connectivity index (χ0n) is 9.36. The van der Waals surface area contributed by atoms with Crippen LogP contribution in [-0.4, -0.2) is 16.7 Å². The van der Waals surface area contributed by atoms with Crippen LogP contribution < -0.4 is 5.73 Å². The summed E-state index contributed by atoms with van der Waals surface area (Å²) in [7, 11) is 0. The number of anilines is 1. The summed E-state index contributed by atoms with van der Waals surface area (Å²) in [5, 5.41) is 0. The molecular weight excluding hydrogens is 188 g/mol. The monoisotopic (exact) mass is 206 g/mol. The molecule has 0 aliphatic carbocycles. The molecule has 2 heterocycles. The van der Waals surface area contributed by atoms with E-state index in [1.54, 1.807) is 6.20 Å². The molecule has 1 aliphatic heterocycles. The SMILES string of the molecule is CC1(C)CCC(Cc2cccnc2N)O1. The van der Waals surface area contributed by atoms with E-state index in [4.69, 9.17) is 10.5 Å². The number of hydrogen-bond donors (Lipinski definition) is 1. The lowest BCUT2D eigenvalue weighted by Gasteiger charge is -2.19. The molecule has 15 heavy (non-hydrogen) atoms. The van der Waals surface area contributed by atoms with Crippen molar-refractivity contribution in [2.75, 3.05) is 5.73 Å². The van der Waals surface area contributed by atoms with Gasteiger partial charge < -0.3 is 10.5 Å². The van der Waals surface area contributed by atoms with Gasteiger partial charge in [0.25, 0.3) is 0 Å². The summed E-state index contributed by atoms with van der Waals surface area (Å²) < 4.78 is 5.92. The van der Waals surface area contributed by atoms with E-state index in [1.165, 1.54) is 0 Å². The number of hydrogen-bond acceptors (Lipinski definition) is 3. The van der Waals surface area contributed by atoms with Crippen molar-refractivity contribution in [3.05, 3.63) is 23.9 Å². The molecule has 1 fully saturated rings. The van der Waals surface area contributed by atoms with Gasteiger partial charge in [0.2, 0.25) is 0 Å². The van der Waals surface area contributed by atoms with Crippen molar-refractivity contribution in [2.45, 2.75) is 44.8 Å². The van der Waals surface area contributed by atoms with Crippen molar-refractivity contribution in [2.24, 2.45) is 0 Å². The van der Waals surface area contributed by atoms with Gasteiger partial charge in [-0.05, 0) is 38.3 Å². The molecule has 2 N–H and O–H groups in total. The van der Waals surface area contributed by atoms with Crippen LogP contribution in [0.5, 0.6) is 0 Å². The Kier molecular flexibility index (Phi) is 2.65. The second-order valence-corrected chi connectivity index (χ2v) is 4.79. The largest absolute Gasteiger partial charge is 0.383 e. The summed E-state index contributed by atoms with van der Waals surface area (Å²) in [5.74, 6) is 0.630. The molecule has 1 saturated heterocycles. The lowest BCUT2D eigenvalue weighted by Crippen LogP contribution is -2.21. The standard InChI is InChI=1S/C12H18N2O/c1-12(2)6-5-10(15-12)8-9-4-3-7-14-11(9)13/h3-4,7,10H,5-6,8H2,1-2H3,(H2,13,14). The van der Waals surface area contributed by atoms with Crippen LogP contribution in [0, 0.1) is 0 Å². The summed E-state index contributed by atoms with van der Waals surface area (Å²) in [4.78, 5) is 4.08. The Bertz CT molecular complexity index is 349. The van der Waals surface area contributed by atoms with Crippen molar-refractivity contribution < 1.29 is 4.74 Å². The lowest BCUT2D eigenvalue weighted by molar-refractivity contribution is -0.0144. The maximum atomic E-state index is 5.92. The summed E-state index contributed by atoms with van der Waals surface area (Å²) in [6.45, 7) is 4.28. The van der Waals surface area contributed by atoms with Gasteiger partial charge >= 0.3 is 0 Å². The Hall–Kier alpha value is -1.09. The van der Waals surface area contributed by atoms with Crippen LogP contribution >= 0.6 is 0 Å². The minimum absolute atomic E-state index is 0.0294. The third-order valence-corrected chi connectivity index (χ3v) is 2.93. The molecule has 0 spiro atoms. The minimum Gasteiger partial charge on any atom is -0.383 e. The Labute approximate surface area is 90.7 Å². The molecule has 2 rings (SSSR count). The third kappa shape index (κ3) is 2.48. The van der Waals surface area contributed by atoms with E-state index in [-0.39, 0.29) is 5.60 Å². The fourth-order valence-corrected chi connectivity index (χ4v) is 2.09. The van der Waals surface area contributed by atoms with Gasteiger partial charge in [0.05, 0.1) is 11.7 Å². The second-order valence-electron chi connectivity index (χ2n) is 4.79. The van der Waals surface area contributed by atoms with Gasteiger partial charge in [-0.2, -0.15) is 0 Å². The summed E-state index contributed by atoms with van der Waals surface area (Å²) >= 11 is 0. The van der Waals surface area contributed by atoms with Gasteiger partial charge in [0, 0.05) is 12.6 Å². The predicted octanol–water partition coefficient (Wildman–Crippen LogP) is 2.16. The maximum absolute atomic E-state index is 5.92. The zero-order chi connectivity index (χ0) is 10.9. The molecule has 1 atom stereocenters. The summed E-state index contributed by atoms with van der Waals surface area (Å²) in [6, 6.07) is 3.95. The van der Waals surface area contributed by atoms with Gasteiger partial charge in [-0.15, -0.1) is 0 Å². The number of ether oxygens (including phenoxy) is 1. The molecule has 0 bridgehead atoms. The first-order chi connectivity index (χ1) is 7.07. The molecule has 1 aromatic heterocycles. The topological polar surface area (TPSA) is 48.1 Å². The molecule has 3 heteroatoms. The van der Waals surface area contributed by atoms with E-state index >= 15 is 0 Å². The molecule has 0 aromatic carbocycles. The fourth-order valence-electron chi connectivity index (χ4n) is 2.09. The molecule has 1 aliphatic rings. The molecule has 82 valence electrons. The Morgan fingerprint density at radius 2 is 2.40 bits per heavy atom. The normalized spacial score (nSPS) is 24.3. The lowest BCUT2D eigenvalue weighted by atomic mass is 10.0. The minimum atomic E-state index is 0.0294. The number of aromatic nitrogens is 1. The quantitative estimate of drug-likeness (QED) is 0.806. The Balaban J connectivity index is 2.02. The maximum Gasteiger partial charge on any atom is 0.126 e.